The number of aliphatic hydroxyl groups excluding tert-OH is 4. The third kappa shape index (κ3) is 29.4. The fraction of sp³-hybridized carbons (Fsp3) is 0.978. The summed E-state index contributed by atoms with van der Waals surface area (Å²) in [5.74, 6) is -0.228. The van der Waals surface area contributed by atoms with Crippen LogP contribution < -0.4 is 5.32 Å². The summed E-state index contributed by atoms with van der Waals surface area (Å²) < 4.78 is 47.6. The van der Waals surface area contributed by atoms with E-state index in [0.29, 0.717) is 12.8 Å². The average Bonchev–Trinajstić information content (AvgIpc) is 3.19. The van der Waals surface area contributed by atoms with Crippen LogP contribution in [0.4, 0.5) is 0 Å². The van der Waals surface area contributed by atoms with E-state index < -0.39 is 59.9 Å². The van der Waals surface area contributed by atoms with Crippen molar-refractivity contribution < 1.29 is 51.8 Å². The van der Waals surface area contributed by atoms with E-state index in [-0.39, 0.29) is 12.5 Å². The molecule has 0 radical (unpaired) electrons. The molecule has 0 spiro atoms. The maximum Gasteiger partial charge on any atom is 0.397 e. The predicted octanol–water partition coefficient (Wildman–Crippen LogP) is 9.39. The monoisotopic (exact) mass is 852 g/mol. The number of rotatable bonds is 41. The molecule has 0 saturated carbocycles. The van der Waals surface area contributed by atoms with Crippen molar-refractivity contribution in [3.8, 4) is 0 Å². The first-order valence-corrected chi connectivity index (χ1v) is 25.3. The van der Waals surface area contributed by atoms with Gasteiger partial charge in [0.1, 0.15) is 24.4 Å². The molecule has 1 rings (SSSR count). The van der Waals surface area contributed by atoms with Crippen molar-refractivity contribution in [3.05, 3.63) is 0 Å². The van der Waals surface area contributed by atoms with Crippen LogP contribution >= 0.6 is 0 Å². The SMILES string of the molecule is CCCCCCCCCCCCCCCCCCCCCC(O)C(COC1OC(CO)C(O)C(OS(=O)(=O)O)C1O)NC(=O)CCCCCCCCCCCCCC. The average molecular weight is 852 g/mol. The van der Waals surface area contributed by atoms with Gasteiger partial charge in [0.15, 0.2) is 6.29 Å². The van der Waals surface area contributed by atoms with Crippen LogP contribution in [-0.4, -0.2) is 95.4 Å². The third-order valence-corrected chi connectivity index (χ3v) is 12.1. The lowest BCUT2D eigenvalue weighted by molar-refractivity contribution is -0.298. The summed E-state index contributed by atoms with van der Waals surface area (Å²) in [6.45, 7) is 3.46. The van der Waals surface area contributed by atoms with Gasteiger partial charge in [-0.2, -0.15) is 8.42 Å². The van der Waals surface area contributed by atoms with Crippen LogP contribution in [0.25, 0.3) is 0 Å². The number of hydrogen-bond donors (Lipinski definition) is 6. The molecule has 1 saturated heterocycles. The molecule has 12 nitrogen and oxygen atoms in total. The van der Waals surface area contributed by atoms with Crippen LogP contribution in [0, 0.1) is 0 Å². The summed E-state index contributed by atoms with van der Waals surface area (Å²) in [6.07, 6.45) is 29.6. The first-order valence-electron chi connectivity index (χ1n) is 23.9. The van der Waals surface area contributed by atoms with Gasteiger partial charge in [0.2, 0.25) is 5.91 Å². The maximum atomic E-state index is 13.0. The van der Waals surface area contributed by atoms with Gasteiger partial charge in [-0.05, 0) is 12.8 Å². The summed E-state index contributed by atoms with van der Waals surface area (Å²) in [4.78, 5) is 13.0. The molecule has 0 bridgehead atoms. The molecule has 1 aliphatic heterocycles. The van der Waals surface area contributed by atoms with Crippen molar-refractivity contribution in [2.24, 2.45) is 0 Å². The van der Waals surface area contributed by atoms with Crippen LogP contribution in [-0.2, 0) is 28.9 Å². The Morgan fingerprint density at radius 3 is 1.38 bits per heavy atom. The fourth-order valence-corrected chi connectivity index (χ4v) is 8.44. The highest BCUT2D eigenvalue weighted by Crippen LogP contribution is 2.26. The number of nitrogens with one attached hydrogen (secondary N) is 1. The Morgan fingerprint density at radius 1 is 0.621 bits per heavy atom. The molecule has 0 aromatic carbocycles. The van der Waals surface area contributed by atoms with Crippen LogP contribution in [0.1, 0.15) is 226 Å². The smallest absolute Gasteiger partial charge is 0.394 e. The van der Waals surface area contributed by atoms with Gasteiger partial charge < -0.3 is 35.2 Å². The second-order valence-corrected chi connectivity index (χ2v) is 18.1. The molecular weight excluding hydrogens is 763 g/mol. The molecule has 1 aliphatic rings. The normalized spacial score (nSPS) is 21.0. The second kappa shape index (κ2) is 36.7. The van der Waals surface area contributed by atoms with Crippen LogP contribution in [0.3, 0.4) is 0 Å². The summed E-state index contributed by atoms with van der Waals surface area (Å²) >= 11 is 0. The van der Waals surface area contributed by atoms with Gasteiger partial charge in [-0.25, -0.2) is 4.18 Å². The Morgan fingerprint density at radius 2 is 1.00 bits per heavy atom. The number of ether oxygens (including phenoxy) is 2. The quantitative estimate of drug-likeness (QED) is 0.0254. The molecule has 7 atom stereocenters. The van der Waals surface area contributed by atoms with Crippen molar-refractivity contribution in [1.82, 2.24) is 5.32 Å². The van der Waals surface area contributed by atoms with Crippen molar-refractivity contribution >= 4 is 16.3 Å². The first kappa shape index (κ1) is 55.1. The zero-order chi connectivity index (χ0) is 42.7. The van der Waals surface area contributed by atoms with E-state index >= 15 is 0 Å². The topological polar surface area (TPSA) is 192 Å². The summed E-state index contributed by atoms with van der Waals surface area (Å²) in [7, 11) is -5.07. The molecule has 0 aromatic heterocycles. The lowest BCUT2D eigenvalue weighted by Gasteiger charge is -2.41. The van der Waals surface area contributed by atoms with E-state index in [4.69, 9.17) is 9.47 Å². The molecular formula is C45H89NO11S. The minimum atomic E-state index is -5.07. The minimum absolute atomic E-state index is 0.228. The zero-order valence-corrected chi connectivity index (χ0v) is 37.7. The van der Waals surface area contributed by atoms with Gasteiger partial charge in [0, 0.05) is 6.42 Å². The minimum Gasteiger partial charge on any atom is -0.394 e. The molecule has 346 valence electrons. The lowest BCUT2D eigenvalue weighted by Crippen LogP contribution is -2.61. The van der Waals surface area contributed by atoms with E-state index in [0.717, 1.165) is 51.4 Å². The summed E-state index contributed by atoms with van der Waals surface area (Å²) in [6, 6.07) is -0.850. The Labute approximate surface area is 354 Å². The number of hydrogen-bond acceptors (Lipinski definition) is 10. The van der Waals surface area contributed by atoms with Crippen molar-refractivity contribution in [2.75, 3.05) is 13.2 Å². The Balaban J connectivity index is 2.45. The number of aliphatic hydroxyl groups is 4. The molecule has 0 aromatic rings. The van der Waals surface area contributed by atoms with Crippen LogP contribution in [0.15, 0.2) is 0 Å². The van der Waals surface area contributed by atoms with E-state index in [1.807, 2.05) is 0 Å². The van der Waals surface area contributed by atoms with Crippen molar-refractivity contribution in [2.45, 2.75) is 269 Å². The first-order chi connectivity index (χ1) is 28.0. The molecule has 13 heteroatoms. The van der Waals surface area contributed by atoms with Crippen LogP contribution in [0.2, 0.25) is 0 Å². The molecule has 1 fully saturated rings. The third-order valence-electron chi connectivity index (χ3n) is 11.7. The van der Waals surface area contributed by atoms with Gasteiger partial charge in [0.25, 0.3) is 0 Å². The number of amides is 1. The van der Waals surface area contributed by atoms with Gasteiger partial charge in [-0.15, -0.1) is 0 Å². The second-order valence-electron chi connectivity index (χ2n) is 17.1. The number of carbonyl (C=O) groups excluding carboxylic acids is 1. The summed E-state index contributed by atoms with van der Waals surface area (Å²) in [5, 5.41) is 44.8. The highest BCUT2D eigenvalue weighted by molar-refractivity contribution is 7.80. The Bertz CT molecular complexity index is 1050. The van der Waals surface area contributed by atoms with Crippen molar-refractivity contribution in [1.29, 1.82) is 0 Å². The van der Waals surface area contributed by atoms with Gasteiger partial charge in [-0.3, -0.25) is 9.35 Å². The predicted molar refractivity (Wildman–Crippen MR) is 232 cm³/mol. The van der Waals surface area contributed by atoms with Gasteiger partial charge in [-0.1, -0.05) is 206 Å². The zero-order valence-electron chi connectivity index (χ0n) is 36.9. The molecule has 1 heterocycles. The van der Waals surface area contributed by atoms with E-state index in [1.165, 1.54) is 148 Å². The highest BCUT2D eigenvalue weighted by atomic mass is 32.3. The number of unbranched alkanes of at least 4 members (excludes halogenated alkanes) is 29. The largest absolute Gasteiger partial charge is 0.397 e. The fourth-order valence-electron chi connectivity index (χ4n) is 7.93. The van der Waals surface area contributed by atoms with Gasteiger partial charge >= 0.3 is 10.4 Å². The standard InChI is InChI=1S/C45H89NO11S/c1-3-5-7-9-11-13-15-17-18-19-20-21-22-23-24-26-28-30-32-34-39(48)38(46-41(49)35-33-31-29-27-25-16-14-12-10-8-6-4-2)37-55-45-43(51)44(57-58(52,53)54)42(50)40(36-47)56-45/h38-40,42-45,47-48,50-51H,3-37H2,1-2H3,(H,46,49)(H,52,53,54). The summed E-state index contributed by atoms with van der Waals surface area (Å²) in [5.41, 5.74) is 0. The molecule has 58 heavy (non-hydrogen) atoms. The number of carbonyl (C=O) groups is 1. The van der Waals surface area contributed by atoms with Crippen LogP contribution in [0.5, 0.6) is 0 Å². The molecule has 0 aliphatic carbocycles. The lowest BCUT2D eigenvalue weighted by atomic mass is 9.99. The molecule has 1 amide bonds. The molecule has 7 unspecified atom stereocenters. The van der Waals surface area contributed by atoms with Crippen molar-refractivity contribution in [3.63, 3.8) is 0 Å². The van der Waals surface area contributed by atoms with E-state index in [1.54, 1.807) is 0 Å². The molecule has 6 N–H and O–H groups in total. The Hall–Kier alpha value is -0.900. The van der Waals surface area contributed by atoms with E-state index in [9.17, 15) is 38.2 Å². The van der Waals surface area contributed by atoms with E-state index in [2.05, 4.69) is 23.3 Å². The maximum absolute atomic E-state index is 13.0. The Kier molecular flexibility index (Phi) is 34.9. The highest BCUT2D eigenvalue weighted by Gasteiger charge is 2.48. The van der Waals surface area contributed by atoms with Gasteiger partial charge in [0.05, 0.1) is 25.4 Å².